The number of aromatic nitrogens is 3. The number of aryl methyl sites for hydroxylation is 1. The SMILES string of the molecule is CCc1nc2cccnc2n1CC1CCOC1. The third kappa shape index (κ3) is 1.93. The second kappa shape index (κ2) is 4.45. The number of nitrogens with zero attached hydrogens (tertiary/aromatic N) is 3. The maximum atomic E-state index is 5.44. The minimum Gasteiger partial charge on any atom is -0.381 e. The number of fused-ring (bicyclic) bond motifs is 1. The Morgan fingerprint density at radius 1 is 1.53 bits per heavy atom. The van der Waals surface area contributed by atoms with E-state index < -0.39 is 0 Å². The van der Waals surface area contributed by atoms with Gasteiger partial charge < -0.3 is 9.30 Å². The average molecular weight is 231 g/mol. The van der Waals surface area contributed by atoms with Crippen LogP contribution >= 0.6 is 0 Å². The van der Waals surface area contributed by atoms with Crippen molar-refractivity contribution in [1.82, 2.24) is 14.5 Å². The molecule has 1 saturated heterocycles. The lowest BCUT2D eigenvalue weighted by Crippen LogP contribution is -2.13. The Balaban J connectivity index is 1.99. The smallest absolute Gasteiger partial charge is 0.159 e. The van der Waals surface area contributed by atoms with E-state index in [0.717, 1.165) is 49.6 Å². The van der Waals surface area contributed by atoms with Crippen LogP contribution in [-0.2, 0) is 17.7 Å². The Kier molecular flexibility index (Phi) is 2.81. The number of pyridine rings is 1. The van der Waals surface area contributed by atoms with Gasteiger partial charge in [-0.3, -0.25) is 0 Å². The molecule has 0 radical (unpaired) electrons. The number of ether oxygens (including phenoxy) is 1. The summed E-state index contributed by atoms with van der Waals surface area (Å²) in [7, 11) is 0. The molecular formula is C13H17N3O. The van der Waals surface area contributed by atoms with Gasteiger partial charge in [-0.1, -0.05) is 6.92 Å². The van der Waals surface area contributed by atoms with Gasteiger partial charge in [0.25, 0.3) is 0 Å². The second-order valence-electron chi connectivity index (χ2n) is 4.57. The zero-order valence-corrected chi connectivity index (χ0v) is 10.1. The Bertz CT molecular complexity index is 514. The molecule has 4 nitrogen and oxygen atoms in total. The molecule has 0 N–H and O–H groups in total. The number of hydrogen-bond acceptors (Lipinski definition) is 3. The molecule has 90 valence electrons. The molecule has 0 aromatic carbocycles. The van der Waals surface area contributed by atoms with E-state index in [9.17, 15) is 0 Å². The van der Waals surface area contributed by atoms with Crippen molar-refractivity contribution in [2.45, 2.75) is 26.3 Å². The summed E-state index contributed by atoms with van der Waals surface area (Å²) in [5, 5.41) is 0. The van der Waals surface area contributed by atoms with Gasteiger partial charge in [-0.25, -0.2) is 9.97 Å². The third-order valence-electron chi connectivity index (χ3n) is 3.36. The van der Waals surface area contributed by atoms with Crippen LogP contribution in [-0.4, -0.2) is 27.7 Å². The van der Waals surface area contributed by atoms with Crippen molar-refractivity contribution in [3.05, 3.63) is 24.2 Å². The third-order valence-corrected chi connectivity index (χ3v) is 3.36. The fourth-order valence-corrected chi connectivity index (χ4v) is 2.45. The first-order chi connectivity index (χ1) is 8.38. The minimum absolute atomic E-state index is 0.611. The fraction of sp³-hybridized carbons (Fsp3) is 0.538. The molecule has 0 spiro atoms. The van der Waals surface area contributed by atoms with E-state index in [1.54, 1.807) is 0 Å². The first-order valence-corrected chi connectivity index (χ1v) is 6.26. The van der Waals surface area contributed by atoms with Crippen molar-refractivity contribution < 1.29 is 4.74 Å². The predicted molar refractivity (Wildman–Crippen MR) is 65.8 cm³/mol. The molecule has 0 amide bonds. The highest BCUT2D eigenvalue weighted by molar-refractivity contribution is 5.71. The largest absolute Gasteiger partial charge is 0.381 e. The Morgan fingerprint density at radius 3 is 3.24 bits per heavy atom. The van der Waals surface area contributed by atoms with Crippen molar-refractivity contribution in [2.75, 3.05) is 13.2 Å². The van der Waals surface area contributed by atoms with Crippen molar-refractivity contribution in [3.8, 4) is 0 Å². The highest BCUT2D eigenvalue weighted by Gasteiger charge is 2.19. The molecule has 0 aliphatic carbocycles. The lowest BCUT2D eigenvalue weighted by molar-refractivity contribution is 0.182. The first kappa shape index (κ1) is 10.7. The van der Waals surface area contributed by atoms with Crippen LogP contribution in [0, 0.1) is 5.92 Å². The van der Waals surface area contributed by atoms with Crippen LogP contribution in [0.5, 0.6) is 0 Å². The molecular weight excluding hydrogens is 214 g/mol. The molecule has 4 heteroatoms. The van der Waals surface area contributed by atoms with Gasteiger partial charge >= 0.3 is 0 Å². The summed E-state index contributed by atoms with van der Waals surface area (Å²) < 4.78 is 7.70. The molecule has 2 aromatic rings. The maximum Gasteiger partial charge on any atom is 0.159 e. The lowest BCUT2D eigenvalue weighted by atomic mass is 10.1. The van der Waals surface area contributed by atoms with Gasteiger partial charge in [0.2, 0.25) is 0 Å². The highest BCUT2D eigenvalue weighted by atomic mass is 16.5. The number of hydrogen-bond donors (Lipinski definition) is 0. The standard InChI is InChI=1S/C13H17N3O/c1-2-12-15-11-4-3-6-14-13(11)16(12)8-10-5-7-17-9-10/h3-4,6,10H,2,5,7-9H2,1H3. The van der Waals surface area contributed by atoms with Gasteiger partial charge in [0.05, 0.1) is 6.61 Å². The molecule has 3 heterocycles. The van der Waals surface area contributed by atoms with Gasteiger partial charge in [-0.2, -0.15) is 0 Å². The van der Waals surface area contributed by atoms with E-state index >= 15 is 0 Å². The van der Waals surface area contributed by atoms with Crippen LogP contribution < -0.4 is 0 Å². The van der Waals surface area contributed by atoms with Crippen LogP contribution in [0.1, 0.15) is 19.2 Å². The van der Waals surface area contributed by atoms with Gasteiger partial charge in [0.15, 0.2) is 5.65 Å². The fourth-order valence-electron chi connectivity index (χ4n) is 2.45. The van der Waals surface area contributed by atoms with E-state index in [1.165, 1.54) is 0 Å². The summed E-state index contributed by atoms with van der Waals surface area (Å²) in [6, 6.07) is 3.97. The summed E-state index contributed by atoms with van der Waals surface area (Å²) in [4.78, 5) is 9.08. The van der Waals surface area contributed by atoms with Crippen molar-refractivity contribution >= 4 is 11.2 Å². The Hall–Kier alpha value is -1.42. The van der Waals surface area contributed by atoms with Crippen LogP contribution in [0.25, 0.3) is 11.2 Å². The molecule has 0 bridgehead atoms. The zero-order valence-electron chi connectivity index (χ0n) is 10.1. The maximum absolute atomic E-state index is 5.44. The van der Waals surface area contributed by atoms with Crippen LogP contribution in [0.15, 0.2) is 18.3 Å². The summed E-state index contributed by atoms with van der Waals surface area (Å²) in [6.45, 7) is 4.89. The van der Waals surface area contributed by atoms with E-state index in [4.69, 9.17) is 4.74 Å². The quantitative estimate of drug-likeness (QED) is 0.811. The van der Waals surface area contributed by atoms with Crippen LogP contribution in [0.2, 0.25) is 0 Å². The monoisotopic (exact) mass is 231 g/mol. The van der Waals surface area contributed by atoms with Crippen LogP contribution in [0.3, 0.4) is 0 Å². The number of rotatable bonds is 3. The molecule has 1 unspecified atom stereocenters. The van der Waals surface area contributed by atoms with E-state index in [2.05, 4.69) is 21.5 Å². The zero-order chi connectivity index (χ0) is 11.7. The Morgan fingerprint density at radius 2 is 2.47 bits per heavy atom. The van der Waals surface area contributed by atoms with Crippen LogP contribution in [0.4, 0.5) is 0 Å². The van der Waals surface area contributed by atoms with Gasteiger partial charge in [-0.05, 0) is 18.6 Å². The van der Waals surface area contributed by atoms with E-state index in [1.807, 2.05) is 18.3 Å². The molecule has 2 aromatic heterocycles. The summed E-state index contributed by atoms with van der Waals surface area (Å²) in [6.07, 6.45) is 3.94. The molecule has 1 aliphatic rings. The average Bonchev–Trinajstić information content (AvgIpc) is 2.98. The summed E-state index contributed by atoms with van der Waals surface area (Å²) in [5.74, 6) is 1.74. The van der Waals surface area contributed by atoms with Gasteiger partial charge in [0.1, 0.15) is 11.3 Å². The summed E-state index contributed by atoms with van der Waals surface area (Å²) >= 11 is 0. The molecule has 17 heavy (non-hydrogen) atoms. The summed E-state index contributed by atoms with van der Waals surface area (Å²) in [5.41, 5.74) is 2.01. The second-order valence-corrected chi connectivity index (χ2v) is 4.57. The molecule has 1 fully saturated rings. The van der Waals surface area contributed by atoms with Crippen molar-refractivity contribution in [1.29, 1.82) is 0 Å². The molecule has 1 atom stereocenters. The lowest BCUT2D eigenvalue weighted by Gasteiger charge is -2.11. The first-order valence-electron chi connectivity index (χ1n) is 6.26. The number of imidazole rings is 1. The van der Waals surface area contributed by atoms with Gasteiger partial charge in [0, 0.05) is 31.7 Å². The van der Waals surface area contributed by atoms with Crippen molar-refractivity contribution in [3.63, 3.8) is 0 Å². The normalized spacial score (nSPS) is 20.2. The Labute approximate surface area is 101 Å². The highest BCUT2D eigenvalue weighted by Crippen LogP contribution is 2.20. The van der Waals surface area contributed by atoms with E-state index in [-0.39, 0.29) is 0 Å². The minimum atomic E-state index is 0.611. The molecule has 1 aliphatic heterocycles. The topological polar surface area (TPSA) is 39.9 Å². The van der Waals surface area contributed by atoms with E-state index in [0.29, 0.717) is 5.92 Å². The van der Waals surface area contributed by atoms with Crippen molar-refractivity contribution in [2.24, 2.45) is 5.92 Å². The predicted octanol–water partition coefficient (Wildman–Crippen LogP) is 2.03. The molecule has 3 rings (SSSR count). The molecule has 0 saturated carbocycles. The van der Waals surface area contributed by atoms with Gasteiger partial charge in [-0.15, -0.1) is 0 Å².